The molecule has 4 heterocycles. The lowest BCUT2D eigenvalue weighted by atomic mass is 9.88. The summed E-state index contributed by atoms with van der Waals surface area (Å²) in [6, 6.07) is 20.6. The van der Waals surface area contributed by atoms with Gasteiger partial charge >= 0.3 is 0 Å². The molecule has 0 aliphatic carbocycles. The van der Waals surface area contributed by atoms with E-state index in [0.29, 0.717) is 18.1 Å². The van der Waals surface area contributed by atoms with Crippen molar-refractivity contribution in [2.75, 3.05) is 44.7 Å². The molecule has 0 radical (unpaired) electrons. The van der Waals surface area contributed by atoms with Crippen LogP contribution in [0.15, 0.2) is 73.1 Å². The van der Waals surface area contributed by atoms with E-state index in [1.54, 1.807) is 0 Å². The van der Waals surface area contributed by atoms with E-state index in [4.69, 9.17) is 11.6 Å². The first kappa shape index (κ1) is 24.0. The fourth-order valence-electron chi connectivity index (χ4n) is 6.07. The van der Waals surface area contributed by atoms with E-state index < -0.39 is 0 Å². The average molecular weight is 514 g/mol. The van der Waals surface area contributed by atoms with Gasteiger partial charge in [-0.1, -0.05) is 54.1 Å². The first-order valence-electron chi connectivity index (χ1n) is 13.1. The van der Waals surface area contributed by atoms with Crippen molar-refractivity contribution < 1.29 is 4.79 Å². The molecule has 7 heteroatoms. The minimum absolute atomic E-state index is 0.173. The van der Waals surface area contributed by atoms with Gasteiger partial charge in [0.25, 0.3) is 0 Å². The predicted octanol–water partition coefficient (Wildman–Crippen LogP) is 5.41. The highest BCUT2D eigenvalue weighted by Crippen LogP contribution is 2.38. The van der Waals surface area contributed by atoms with Gasteiger partial charge < -0.3 is 19.7 Å². The molecule has 0 unspecified atom stereocenters. The van der Waals surface area contributed by atoms with Gasteiger partial charge in [0.2, 0.25) is 5.91 Å². The smallest absolute Gasteiger partial charge is 0.231 e. The molecular weight excluding hydrogens is 482 g/mol. The van der Waals surface area contributed by atoms with Gasteiger partial charge in [0.05, 0.1) is 11.6 Å². The summed E-state index contributed by atoms with van der Waals surface area (Å²) in [4.78, 5) is 28.8. The molecule has 6 nitrogen and oxygen atoms in total. The topological polar surface area (TPSA) is 55.5 Å². The monoisotopic (exact) mass is 513 g/mol. The molecule has 190 valence electrons. The van der Waals surface area contributed by atoms with E-state index in [1.807, 2.05) is 42.7 Å². The highest BCUT2D eigenvalue weighted by molar-refractivity contribution is 6.30. The lowest BCUT2D eigenvalue weighted by molar-refractivity contribution is -0.134. The molecule has 1 N–H and O–H groups in total. The fourth-order valence-corrected chi connectivity index (χ4v) is 6.19. The molecular formula is C30H32ClN5O. The van der Waals surface area contributed by atoms with Crippen LogP contribution in [0.5, 0.6) is 0 Å². The van der Waals surface area contributed by atoms with Gasteiger partial charge in [0, 0.05) is 60.6 Å². The van der Waals surface area contributed by atoms with Crippen molar-refractivity contribution >= 4 is 34.2 Å². The lowest BCUT2D eigenvalue weighted by Crippen LogP contribution is -2.52. The molecule has 2 aliphatic heterocycles. The maximum Gasteiger partial charge on any atom is 0.231 e. The number of halogens is 1. The standard InChI is InChI=1S/C30H32ClN5O/c1-34-15-5-8-26(34)27(22-9-11-23(31)12-10-22)30(37)36-18-16-35(17-19-36)28-24-13-14-32-29(24)33-20-25(28)21-6-3-2-4-7-21/h2-4,6-7,9-14,20,26-27H,5,8,15-19H2,1H3,(H,32,33)/t26-,27-/m0/s1. The number of piperazine rings is 1. The third-order valence-corrected chi connectivity index (χ3v) is 8.26. The Balaban J connectivity index is 1.27. The highest BCUT2D eigenvalue weighted by Gasteiger charge is 2.38. The van der Waals surface area contributed by atoms with Crippen LogP contribution in [-0.4, -0.2) is 71.5 Å². The van der Waals surface area contributed by atoms with Crippen LogP contribution in [-0.2, 0) is 4.79 Å². The van der Waals surface area contributed by atoms with Gasteiger partial charge in [-0.3, -0.25) is 4.79 Å². The molecule has 2 aromatic carbocycles. The van der Waals surface area contributed by atoms with Crippen molar-refractivity contribution in [1.29, 1.82) is 0 Å². The molecule has 0 saturated carbocycles. The van der Waals surface area contributed by atoms with Crippen molar-refractivity contribution in [3.8, 4) is 11.1 Å². The Labute approximate surface area is 222 Å². The summed E-state index contributed by atoms with van der Waals surface area (Å²) in [5.41, 5.74) is 5.41. The number of aromatic nitrogens is 2. The Morgan fingerprint density at radius 3 is 2.46 bits per heavy atom. The van der Waals surface area contributed by atoms with Crippen LogP contribution in [0.4, 0.5) is 5.69 Å². The normalized spacial score (nSPS) is 19.5. The Morgan fingerprint density at radius 2 is 1.76 bits per heavy atom. The molecule has 2 aliphatic rings. The van der Waals surface area contributed by atoms with Gasteiger partial charge in [-0.05, 0) is 55.8 Å². The number of nitrogens with zero attached hydrogens (tertiary/aromatic N) is 4. The number of pyridine rings is 1. The maximum absolute atomic E-state index is 14.1. The molecule has 2 saturated heterocycles. The first-order chi connectivity index (χ1) is 18.1. The number of carbonyl (C=O) groups is 1. The Kier molecular flexibility index (Phi) is 6.61. The molecule has 0 bridgehead atoms. The lowest BCUT2D eigenvalue weighted by Gasteiger charge is -2.40. The summed E-state index contributed by atoms with van der Waals surface area (Å²) < 4.78 is 0. The van der Waals surface area contributed by atoms with E-state index in [0.717, 1.165) is 60.2 Å². The van der Waals surface area contributed by atoms with Crippen molar-refractivity contribution in [3.05, 3.63) is 83.6 Å². The van der Waals surface area contributed by atoms with E-state index in [9.17, 15) is 4.79 Å². The van der Waals surface area contributed by atoms with Crippen molar-refractivity contribution in [1.82, 2.24) is 19.8 Å². The average Bonchev–Trinajstić information content (AvgIpc) is 3.59. The first-order valence-corrected chi connectivity index (χ1v) is 13.5. The zero-order valence-corrected chi connectivity index (χ0v) is 21.9. The Hall–Kier alpha value is -3.35. The number of nitrogens with one attached hydrogen (secondary N) is 1. The number of H-pyrrole nitrogens is 1. The summed E-state index contributed by atoms with van der Waals surface area (Å²) in [6.45, 7) is 3.99. The summed E-state index contributed by atoms with van der Waals surface area (Å²) >= 11 is 6.18. The fraction of sp³-hybridized carbons (Fsp3) is 0.333. The van der Waals surface area contributed by atoms with E-state index in [-0.39, 0.29) is 17.9 Å². The molecule has 2 atom stereocenters. The number of benzene rings is 2. The molecule has 2 aromatic heterocycles. The summed E-state index contributed by atoms with van der Waals surface area (Å²) in [6.07, 6.45) is 6.08. The van der Waals surface area contributed by atoms with E-state index >= 15 is 0 Å². The highest BCUT2D eigenvalue weighted by atomic mass is 35.5. The molecule has 0 spiro atoms. The van der Waals surface area contributed by atoms with Crippen LogP contribution in [0.1, 0.15) is 24.3 Å². The van der Waals surface area contributed by atoms with Gasteiger partial charge in [-0.2, -0.15) is 0 Å². The second-order valence-corrected chi connectivity index (χ2v) is 10.6. The molecule has 4 aromatic rings. The van der Waals surface area contributed by atoms with Gasteiger partial charge in [0.15, 0.2) is 0 Å². The number of amides is 1. The zero-order chi connectivity index (χ0) is 25.4. The van der Waals surface area contributed by atoms with Crippen LogP contribution in [0.25, 0.3) is 22.2 Å². The number of anilines is 1. The second kappa shape index (κ2) is 10.2. The molecule has 2 fully saturated rings. The van der Waals surface area contributed by atoms with E-state index in [1.165, 1.54) is 5.69 Å². The number of likely N-dealkylation sites (N-methyl/N-ethyl adjacent to an activating group) is 1. The number of rotatable bonds is 5. The van der Waals surface area contributed by atoms with Crippen molar-refractivity contribution in [3.63, 3.8) is 0 Å². The molecule has 37 heavy (non-hydrogen) atoms. The summed E-state index contributed by atoms with van der Waals surface area (Å²) in [5.74, 6) is 0.0547. The zero-order valence-electron chi connectivity index (χ0n) is 21.1. The maximum atomic E-state index is 14.1. The summed E-state index contributed by atoms with van der Waals surface area (Å²) in [5, 5.41) is 1.82. The second-order valence-electron chi connectivity index (χ2n) is 10.2. The van der Waals surface area contributed by atoms with Crippen LogP contribution < -0.4 is 4.90 Å². The number of fused-ring (bicyclic) bond motifs is 1. The molecule has 1 amide bonds. The number of carbonyl (C=O) groups excluding carboxylic acids is 1. The quantitative estimate of drug-likeness (QED) is 0.387. The largest absolute Gasteiger partial charge is 0.367 e. The Morgan fingerprint density at radius 1 is 1.00 bits per heavy atom. The molecule has 6 rings (SSSR count). The number of likely N-dealkylation sites (tertiary alicyclic amines) is 1. The predicted molar refractivity (Wildman–Crippen MR) is 150 cm³/mol. The van der Waals surface area contributed by atoms with Crippen LogP contribution in [0.3, 0.4) is 0 Å². The number of aromatic amines is 1. The minimum atomic E-state index is -0.173. The Bertz CT molecular complexity index is 1380. The van der Waals surface area contributed by atoms with E-state index in [2.05, 4.69) is 62.0 Å². The van der Waals surface area contributed by atoms with Gasteiger partial charge in [-0.15, -0.1) is 0 Å². The van der Waals surface area contributed by atoms with Crippen LogP contribution >= 0.6 is 11.6 Å². The third-order valence-electron chi connectivity index (χ3n) is 8.01. The van der Waals surface area contributed by atoms with Crippen molar-refractivity contribution in [2.24, 2.45) is 0 Å². The van der Waals surface area contributed by atoms with Gasteiger partial charge in [-0.25, -0.2) is 4.98 Å². The SMILES string of the molecule is CN1CCC[C@H]1[C@@H](C(=O)N1CCN(c2c(-c3ccccc3)cnc3[nH]ccc23)CC1)c1ccc(Cl)cc1. The number of hydrogen-bond donors (Lipinski definition) is 1. The van der Waals surface area contributed by atoms with Crippen LogP contribution in [0, 0.1) is 0 Å². The number of hydrogen-bond acceptors (Lipinski definition) is 4. The van der Waals surface area contributed by atoms with Gasteiger partial charge in [0.1, 0.15) is 5.65 Å². The third kappa shape index (κ3) is 4.60. The van der Waals surface area contributed by atoms with Crippen molar-refractivity contribution in [2.45, 2.75) is 24.8 Å². The van der Waals surface area contributed by atoms with Crippen LogP contribution in [0.2, 0.25) is 5.02 Å². The minimum Gasteiger partial charge on any atom is -0.367 e. The summed E-state index contributed by atoms with van der Waals surface area (Å²) in [7, 11) is 2.14.